The van der Waals surface area contributed by atoms with Crippen molar-refractivity contribution in [2.24, 2.45) is 0 Å². The van der Waals surface area contributed by atoms with Crippen LogP contribution in [-0.2, 0) is 17.8 Å². The van der Waals surface area contributed by atoms with Gasteiger partial charge >= 0.3 is 5.97 Å². The number of ether oxygens (including phenoxy) is 1. The summed E-state index contributed by atoms with van der Waals surface area (Å²) in [5.74, 6) is 0.0714. The third kappa shape index (κ3) is 4.14. The zero-order valence-corrected chi connectivity index (χ0v) is 16.3. The van der Waals surface area contributed by atoms with Gasteiger partial charge in [-0.1, -0.05) is 30.5 Å². The highest BCUT2D eigenvalue weighted by Gasteiger charge is 2.24. The van der Waals surface area contributed by atoms with E-state index in [1.165, 1.54) is 11.3 Å². The van der Waals surface area contributed by atoms with E-state index in [0.717, 1.165) is 54.5 Å². The van der Waals surface area contributed by atoms with Crippen LogP contribution in [0, 0.1) is 0 Å². The molecule has 1 atom stereocenters. The number of aliphatic carboxylic acids is 1. The van der Waals surface area contributed by atoms with Gasteiger partial charge in [-0.15, -0.1) is 0 Å². The minimum atomic E-state index is -0.736. The number of nitrogens with one attached hydrogen (secondary N) is 1. The van der Waals surface area contributed by atoms with Gasteiger partial charge in [-0.05, 0) is 55.0 Å². The number of halogens is 1. The largest absolute Gasteiger partial charge is 0.487 e. The van der Waals surface area contributed by atoms with Crippen molar-refractivity contribution < 1.29 is 14.6 Å². The van der Waals surface area contributed by atoms with Crippen molar-refractivity contribution in [1.29, 1.82) is 0 Å². The maximum absolute atomic E-state index is 11.4. The van der Waals surface area contributed by atoms with Crippen LogP contribution in [0.2, 0.25) is 5.15 Å². The number of pyridine rings is 1. The van der Waals surface area contributed by atoms with E-state index in [0.29, 0.717) is 11.8 Å². The monoisotopic (exact) mass is 398 g/mol. The highest BCUT2D eigenvalue weighted by atomic mass is 35.5. The molecule has 4 rings (SSSR count). The van der Waals surface area contributed by atoms with Crippen molar-refractivity contribution in [3.05, 3.63) is 58.5 Å². The van der Waals surface area contributed by atoms with Crippen molar-refractivity contribution >= 4 is 28.5 Å². The van der Waals surface area contributed by atoms with E-state index >= 15 is 0 Å². The summed E-state index contributed by atoms with van der Waals surface area (Å²) in [7, 11) is 0. The Kier molecular flexibility index (Phi) is 5.53. The van der Waals surface area contributed by atoms with Gasteiger partial charge in [0.1, 0.15) is 17.5 Å². The molecule has 2 aromatic heterocycles. The van der Waals surface area contributed by atoms with Crippen LogP contribution in [0.5, 0.6) is 5.75 Å². The molecule has 146 valence electrons. The SMILES string of the molecule is O=C(O)CC1CCCCCc2[nH]c3cc(OCc4cccc(Cl)n4)ccc3c21. The molecule has 6 heteroatoms. The Morgan fingerprint density at radius 1 is 1.25 bits per heavy atom. The maximum atomic E-state index is 11.4. The number of aromatic nitrogens is 2. The number of aryl methyl sites for hydroxylation is 1. The van der Waals surface area contributed by atoms with Crippen LogP contribution in [0.3, 0.4) is 0 Å². The van der Waals surface area contributed by atoms with Crippen LogP contribution in [-0.4, -0.2) is 21.0 Å². The van der Waals surface area contributed by atoms with Gasteiger partial charge in [-0.2, -0.15) is 0 Å². The Balaban J connectivity index is 1.62. The van der Waals surface area contributed by atoms with E-state index in [1.54, 1.807) is 6.07 Å². The van der Waals surface area contributed by atoms with E-state index < -0.39 is 5.97 Å². The van der Waals surface area contributed by atoms with Crippen LogP contribution >= 0.6 is 11.6 Å². The summed E-state index contributed by atoms with van der Waals surface area (Å²) in [6.45, 7) is 0.341. The van der Waals surface area contributed by atoms with Gasteiger partial charge in [0.25, 0.3) is 0 Å². The molecule has 0 saturated heterocycles. The number of carbonyl (C=O) groups is 1. The van der Waals surface area contributed by atoms with Crippen LogP contribution < -0.4 is 4.74 Å². The highest BCUT2D eigenvalue weighted by Crippen LogP contribution is 2.38. The first-order valence-corrected chi connectivity index (χ1v) is 10.1. The molecule has 2 heterocycles. The van der Waals surface area contributed by atoms with E-state index in [9.17, 15) is 9.90 Å². The number of benzene rings is 1. The molecule has 1 unspecified atom stereocenters. The fraction of sp³-hybridized carbons (Fsp3) is 0.364. The number of aromatic amines is 1. The summed E-state index contributed by atoms with van der Waals surface area (Å²) in [5.41, 5.74) is 4.13. The van der Waals surface area contributed by atoms with Crippen molar-refractivity contribution in [1.82, 2.24) is 9.97 Å². The van der Waals surface area contributed by atoms with E-state index in [1.807, 2.05) is 30.3 Å². The lowest BCUT2D eigenvalue weighted by atomic mass is 9.85. The van der Waals surface area contributed by atoms with Crippen molar-refractivity contribution in [2.45, 2.75) is 51.0 Å². The second kappa shape index (κ2) is 8.23. The molecule has 1 aliphatic rings. The number of carboxylic acids is 1. The first kappa shape index (κ1) is 18.8. The Bertz CT molecular complexity index is 999. The van der Waals surface area contributed by atoms with Crippen LogP contribution in [0.15, 0.2) is 36.4 Å². The Hall–Kier alpha value is -2.53. The second-order valence-electron chi connectivity index (χ2n) is 7.36. The fourth-order valence-corrected chi connectivity index (χ4v) is 4.31. The zero-order valence-electron chi connectivity index (χ0n) is 15.6. The molecule has 0 radical (unpaired) electrons. The summed E-state index contributed by atoms with van der Waals surface area (Å²) in [4.78, 5) is 19.1. The summed E-state index contributed by atoms with van der Waals surface area (Å²) in [6.07, 6.45) is 5.42. The third-order valence-corrected chi connectivity index (χ3v) is 5.57. The first-order valence-electron chi connectivity index (χ1n) is 9.70. The van der Waals surface area contributed by atoms with Gasteiger partial charge in [0.15, 0.2) is 0 Å². The number of hydrogen-bond donors (Lipinski definition) is 2. The van der Waals surface area contributed by atoms with Gasteiger partial charge in [0, 0.05) is 22.7 Å². The zero-order chi connectivity index (χ0) is 19.5. The molecular weight excluding hydrogens is 376 g/mol. The van der Waals surface area contributed by atoms with Crippen molar-refractivity contribution in [3.8, 4) is 5.75 Å². The van der Waals surface area contributed by atoms with Gasteiger partial charge in [0.2, 0.25) is 0 Å². The molecule has 1 aliphatic carbocycles. The van der Waals surface area contributed by atoms with E-state index in [2.05, 4.69) is 9.97 Å². The third-order valence-electron chi connectivity index (χ3n) is 5.36. The Morgan fingerprint density at radius 3 is 2.96 bits per heavy atom. The number of carboxylic acid groups (broad SMARTS) is 1. The predicted molar refractivity (Wildman–Crippen MR) is 109 cm³/mol. The average Bonchev–Trinajstić information content (AvgIpc) is 3.00. The van der Waals surface area contributed by atoms with Crippen LogP contribution in [0.25, 0.3) is 10.9 Å². The molecule has 0 amide bonds. The molecule has 2 N–H and O–H groups in total. The topological polar surface area (TPSA) is 75.2 Å². The second-order valence-corrected chi connectivity index (χ2v) is 7.75. The molecule has 28 heavy (non-hydrogen) atoms. The Labute approximate surface area is 168 Å². The number of nitrogens with zero attached hydrogens (tertiary/aromatic N) is 1. The Morgan fingerprint density at radius 2 is 2.14 bits per heavy atom. The normalized spacial score (nSPS) is 17.0. The number of fused-ring (bicyclic) bond motifs is 3. The minimum Gasteiger partial charge on any atom is -0.487 e. The summed E-state index contributed by atoms with van der Waals surface area (Å²) >= 11 is 5.93. The molecule has 0 fully saturated rings. The van der Waals surface area contributed by atoms with Gasteiger partial charge in [-0.3, -0.25) is 4.79 Å². The summed E-state index contributed by atoms with van der Waals surface area (Å²) in [6, 6.07) is 11.4. The van der Waals surface area contributed by atoms with Gasteiger partial charge < -0.3 is 14.8 Å². The molecule has 0 bridgehead atoms. The lowest BCUT2D eigenvalue weighted by molar-refractivity contribution is -0.137. The molecule has 3 aromatic rings. The lowest BCUT2D eigenvalue weighted by Crippen LogP contribution is -2.10. The van der Waals surface area contributed by atoms with Gasteiger partial charge in [-0.25, -0.2) is 4.98 Å². The number of H-pyrrole nitrogens is 1. The van der Waals surface area contributed by atoms with Crippen molar-refractivity contribution in [3.63, 3.8) is 0 Å². The van der Waals surface area contributed by atoms with Crippen LogP contribution in [0.4, 0.5) is 0 Å². The summed E-state index contributed by atoms with van der Waals surface area (Å²) < 4.78 is 5.89. The maximum Gasteiger partial charge on any atom is 0.303 e. The summed E-state index contributed by atoms with van der Waals surface area (Å²) in [5, 5.41) is 10.9. The van der Waals surface area contributed by atoms with Gasteiger partial charge in [0.05, 0.1) is 12.1 Å². The molecule has 0 spiro atoms. The van der Waals surface area contributed by atoms with E-state index in [4.69, 9.17) is 16.3 Å². The minimum absolute atomic E-state index is 0.0592. The molecule has 1 aromatic carbocycles. The molecule has 0 saturated carbocycles. The highest BCUT2D eigenvalue weighted by molar-refractivity contribution is 6.29. The molecular formula is C22H23ClN2O3. The predicted octanol–water partition coefficient (Wildman–Crippen LogP) is 5.47. The molecule has 0 aliphatic heterocycles. The first-order chi connectivity index (χ1) is 13.6. The average molecular weight is 399 g/mol. The van der Waals surface area contributed by atoms with Crippen molar-refractivity contribution in [2.75, 3.05) is 0 Å². The lowest BCUT2D eigenvalue weighted by Gasteiger charge is -2.19. The quantitative estimate of drug-likeness (QED) is 0.559. The number of hydrogen-bond acceptors (Lipinski definition) is 3. The smallest absolute Gasteiger partial charge is 0.303 e. The standard InChI is InChI=1S/C22H23ClN2O3/c23-20-8-4-6-15(24-20)13-28-16-9-10-17-19(12-16)25-18-7-3-1-2-5-14(22(17)18)11-21(26)27/h4,6,8-10,12,14,25H,1-3,5,7,11,13H2,(H,26,27). The number of rotatable bonds is 5. The fourth-order valence-electron chi connectivity index (χ4n) is 4.12. The molecule has 5 nitrogen and oxygen atoms in total. The van der Waals surface area contributed by atoms with E-state index in [-0.39, 0.29) is 12.3 Å². The van der Waals surface area contributed by atoms with Crippen LogP contribution in [0.1, 0.15) is 55.0 Å².